The number of aromatic nitrogens is 1. The third-order valence-electron chi connectivity index (χ3n) is 5.18. The number of nitrogens with zero attached hydrogens (tertiary/aromatic N) is 2. The average Bonchev–Trinajstić information content (AvgIpc) is 3.13. The van der Waals surface area contributed by atoms with E-state index in [0.717, 1.165) is 33.3 Å². The van der Waals surface area contributed by atoms with Crippen LogP contribution in [0.25, 0.3) is 16.7 Å². The van der Waals surface area contributed by atoms with Crippen LogP contribution in [-0.2, 0) is 23.1 Å². The second kappa shape index (κ2) is 9.41. The normalized spacial score (nSPS) is 12.7. The summed E-state index contributed by atoms with van der Waals surface area (Å²) < 4.78 is 2.06. The summed E-state index contributed by atoms with van der Waals surface area (Å²) in [6.45, 7) is 6.02. The first kappa shape index (κ1) is 21.3. The van der Waals surface area contributed by atoms with Crippen molar-refractivity contribution in [3.05, 3.63) is 78.0 Å². The number of rotatable bonds is 9. The summed E-state index contributed by atoms with van der Waals surface area (Å²) in [6, 6.07) is 15.2. The van der Waals surface area contributed by atoms with Crippen molar-refractivity contribution in [1.82, 2.24) is 9.88 Å². The number of oxime groups is 1. The largest absolute Gasteiger partial charge is 0.480 e. The van der Waals surface area contributed by atoms with Crippen molar-refractivity contribution in [2.45, 2.75) is 25.8 Å². The number of carboxylic acid groups (broad SMARTS) is 1. The lowest BCUT2D eigenvalue weighted by molar-refractivity contribution is -0.139. The van der Waals surface area contributed by atoms with Crippen molar-refractivity contribution in [2.75, 3.05) is 7.05 Å². The van der Waals surface area contributed by atoms with Crippen molar-refractivity contribution in [1.29, 1.82) is 0 Å². The van der Waals surface area contributed by atoms with Gasteiger partial charge >= 0.3 is 5.97 Å². The molecule has 3 aromatic rings. The smallest absolute Gasteiger partial charge is 0.321 e. The SMILES string of the molecule is C=C(O/N=C(\CC)c1ccc(CC(NC)C(=O)O)cc1)c1ccc2c(ccn2C)c1. The summed E-state index contributed by atoms with van der Waals surface area (Å²) in [5, 5.41) is 17.4. The highest BCUT2D eigenvalue weighted by molar-refractivity contribution is 6.00. The molecule has 1 aromatic heterocycles. The number of aryl methyl sites for hydroxylation is 1. The molecule has 0 aliphatic heterocycles. The zero-order chi connectivity index (χ0) is 21.7. The highest BCUT2D eigenvalue weighted by Crippen LogP contribution is 2.22. The minimum absolute atomic E-state index is 0.417. The van der Waals surface area contributed by atoms with E-state index in [1.165, 1.54) is 0 Å². The first-order valence-electron chi connectivity index (χ1n) is 9.90. The quantitative estimate of drug-likeness (QED) is 0.318. The molecule has 2 N–H and O–H groups in total. The second-order valence-electron chi connectivity index (χ2n) is 7.19. The molecule has 6 heteroatoms. The molecule has 0 aliphatic rings. The van der Waals surface area contributed by atoms with Crippen LogP contribution in [0.4, 0.5) is 0 Å². The van der Waals surface area contributed by atoms with Gasteiger partial charge in [0, 0.05) is 29.7 Å². The minimum atomic E-state index is -0.863. The van der Waals surface area contributed by atoms with Crippen LogP contribution in [0.5, 0.6) is 0 Å². The number of fused-ring (bicyclic) bond motifs is 1. The Morgan fingerprint density at radius 2 is 1.90 bits per heavy atom. The second-order valence-corrected chi connectivity index (χ2v) is 7.19. The molecule has 0 saturated carbocycles. The van der Waals surface area contributed by atoms with Gasteiger partial charge < -0.3 is 19.8 Å². The van der Waals surface area contributed by atoms with Crippen molar-refractivity contribution in [3.8, 4) is 0 Å². The number of benzene rings is 2. The highest BCUT2D eigenvalue weighted by atomic mass is 16.6. The molecule has 30 heavy (non-hydrogen) atoms. The molecule has 1 unspecified atom stereocenters. The van der Waals surface area contributed by atoms with Crippen LogP contribution in [0.1, 0.15) is 30.0 Å². The predicted octanol–water partition coefficient (Wildman–Crippen LogP) is 4.20. The lowest BCUT2D eigenvalue weighted by Gasteiger charge is -2.12. The Kier molecular flexibility index (Phi) is 6.69. The molecule has 156 valence electrons. The molecule has 3 rings (SSSR count). The van der Waals surface area contributed by atoms with E-state index in [1.807, 2.05) is 62.6 Å². The number of hydrogen-bond donors (Lipinski definition) is 2. The van der Waals surface area contributed by atoms with E-state index in [2.05, 4.69) is 27.7 Å². The molecule has 2 aromatic carbocycles. The molecule has 0 radical (unpaired) electrons. The van der Waals surface area contributed by atoms with E-state index in [-0.39, 0.29) is 0 Å². The van der Waals surface area contributed by atoms with Crippen molar-refractivity contribution >= 4 is 28.3 Å². The molecule has 0 bridgehead atoms. The lowest BCUT2D eigenvalue weighted by Crippen LogP contribution is -2.35. The summed E-state index contributed by atoms with van der Waals surface area (Å²) in [5.41, 5.74) is 4.70. The van der Waals surface area contributed by atoms with Crippen LogP contribution in [0.3, 0.4) is 0 Å². The third-order valence-corrected chi connectivity index (χ3v) is 5.18. The van der Waals surface area contributed by atoms with Gasteiger partial charge in [-0.1, -0.05) is 42.9 Å². The van der Waals surface area contributed by atoms with E-state index in [0.29, 0.717) is 18.6 Å². The first-order valence-corrected chi connectivity index (χ1v) is 9.90. The van der Waals surface area contributed by atoms with Gasteiger partial charge in [0.2, 0.25) is 0 Å². The molecule has 0 saturated heterocycles. The van der Waals surface area contributed by atoms with E-state index in [4.69, 9.17) is 4.84 Å². The van der Waals surface area contributed by atoms with Crippen molar-refractivity contribution < 1.29 is 14.7 Å². The molecule has 0 amide bonds. The maximum absolute atomic E-state index is 11.2. The zero-order valence-corrected chi connectivity index (χ0v) is 17.6. The Hall–Kier alpha value is -3.38. The van der Waals surface area contributed by atoms with Gasteiger partial charge in [-0.05, 0) is 55.3 Å². The number of carbonyl (C=O) groups is 1. The third kappa shape index (κ3) is 4.78. The lowest BCUT2D eigenvalue weighted by atomic mass is 10.0. The summed E-state index contributed by atoms with van der Waals surface area (Å²) in [5.74, 6) is -0.375. The van der Waals surface area contributed by atoms with Gasteiger partial charge in [-0.25, -0.2) is 0 Å². The predicted molar refractivity (Wildman–Crippen MR) is 120 cm³/mol. The summed E-state index contributed by atoms with van der Waals surface area (Å²) >= 11 is 0. The van der Waals surface area contributed by atoms with E-state index in [1.54, 1.807) is 7.05 Å². The molecule has 1 atom stereocenters. The molecule has 6 nitrogen and oxygen atoms in total. The van der Waals surface area contributed by atoms with Gasteiger partial charge in [-0.15, -0.1) is 0 Å². The number of carboxylic acids is 1. The first-order chi connectivity index (χ1) is 14.4. The maximum atomic E-state index is 11.2. The Balaban J connectivity index is 1.71. The van der Waals surface area contributed by atoms with Crippen LogP contribution in [0.2, 0.25) is 0 Å². The van der Waals surface area contributed by atoms with Crippen molar-refractivity contribution in [3.63, 3.8) is 0 Å². The Bertz CT molecular complexity index is 1080. The van der Waals surface area contributed by atoms with Gasteiger partial charge in [0.05, 0.1) is 5.71 Å². The fraction of sp³-hybridized carbons (Fsp3) is 0.250. The molecular formula is C24H27N3O3. The minimum Gasteiger partial charge on any atom is -0.480 e. The molecule has 0 aliphatic carbocycles. The monoisotopic (exact) mass is 405 g/mol. The van der Waals surface area contributed by atoms with E-state index < -0.39 is 12.0 Å². The van der Waals surface area contributed by atoms with E-state index in [9.17, 15) is 9.90 Å². The van der Waals surface area contributed by atoms with E-state index >= 15 is 0 Å². The van der Waals surface area contributed by atoms with Gasteiger partial charge in [-0.3, -0.25) is 4.79 Å². The van der Waals surface area contributed by atoms with Crippen molar-refractivity contribution in [2.24, 2.45) is 12.2 Å². The number of nitrogens with one attached hydrogen (secondary N) is 1. The Morgan fingerprint density at radius 1 is 1.20 bits per heavy atom. The average molecular weight is 405 g/mol. The molecular weight excluding hydrogens is 378 g/mol. The van der Waals surface area contributed by atoms with Crippen LogP contribution in [0, 0.1) is 0 Å². The van der Waals surface area contributed by atoms with Crippen LogP contribution >= 0.6 is 0 Å². The summed E-state index contributed by atoms with van der Waals surface area (Å²) in [4.78, 5) is 16.8. The van der Waals surface area contributed by atoms with Gasteiger partial charge in [-0.2, -0.15) is 0 Å². The summed E-state index contributed by atoms with van der Waals surface area (Å²) in [6.07, 6.45) is 3.13. The van der Waals surface area contributed by atoms with Crippen LogP contribution < -0.4 is 5.32 Å². The standard InChI is InChI=1S/C24H27N3O3/c1-5-21(18-8-6-17(7-9-18)14-22(25-3)24(28)29)26-30-16(2)19-10-11-23-20(15-19)12-13-27(23)4/h6-13,15,22,25H,2,5,14H2,1,3-4H3,(H,28,29)/b26-21+. The fourth-order valence-electron chi connectivity index (χ4n) is 3.32. The Morgan fingerprint density at radius 3 is 2.53 bits per heavy atom. The molecule has 0 fully saturated rings. The van der Waals surface area contributed by atoms with Gasteiger partial charge in [0.1, 0.15) is 6.04 Å². The number of hydrogen-bond acceptors (Lipinski definition) is 4. The fourth-order valence-corrected chi connectivity index (χ4v) is 3.32. The highest BCUT2D eigenvalue weighted by Gasteiger charge is 2.15. The van der Waals surface area contributed by atoms with Gasteiger partial charge in [0.15, 0.2) is 5.76 Å². The van der Waals surface area contributed by atoms with Crippen LogP contribution in [-0.4, -0.2) is 34.4 Å². The topological polar surface area (TPSA) is 75.8 Å². The summed E-state index contributed by atoms with van der Waals surface area (Å²) in [7, 11) is 3.66. The zero-order valence-electron chi connectivity index (χ0n) is 17.6. The molecule has 0 spiro atoms. The number of aliphatic carboxylic acids is 1. The molecule has 1 heterocycles. The van der Waals surface area contributed by atoms with Crippen LogP contribution in [0.15, 0.2) is 66.5 Å². The Labute approximate surface area is 176 Å². The van der Waals surface area contributed by atoms with Gasteiger partial charge in [0.25, 0.3) is 0 Å². The maximum Gasteiger partial charge on any atom is 0.321 e. The number of likely N-dealkylation sites (N-methyl/N-ethyl adjacent to an activating group) is 1.